The van der Waals surface area contributed by atoms with Gasteiger partial charge in [-0.1, -0.05) is 17.7 Å². The van der Waals surface area contributed by atoms with Crippen LogP contribution >= 0.6 is 27.5 Å². The van der Waals surface area contributed by atoms with Gasteiger partial charge in [-0.05, 0) is 64.7 Å². The van der Waals surface area contributed by atoms with Crippen LogP contribution in [0.2, 0.25) is 5.02 Å². The summed E-state index contributed by atoms with van der Waals surface area (Å²) in [4.78, 5) is 0. The predicted octanol–water partition coefficient (Wildman–Crippen LogP) is 5.06. The second kappa shape index (κ2) is 4.40. The molecule has 20 heavy (non-hydrogen) atoms. The first kappa shape index (κ1) is 12.5. The predicted molar refractivity (Wildman–Crippen MR) is 81.5 cm³/mol. The molecule has 1 aliphatic heterocycles. The van der Waals surface area contributed by atoms with Gasteiger partial charge in [-0.25, -0.2) is 0 Å². The first-order chi connectivity index (χ1) is 9.68. The molecule has 2 aromatic carbocycles. The average molecular weight is 352 g/mol. The lowest BCUT2D eigenvalue weighted by atomic mass is 9.86. The molecule has 1 unspecified atom stereocenters. The van der Waals surface area contributed by atoms with E-state index in [2.05, 4.69) is 15.9 Å². The summed E-state index contributed by atoms with van der Waals surface area (Å²) < 4.78 is 13.3. The van der Waals surface area contributed by atoms with Crippen LogP contribution in [0.25, 0.3) is 0 Å². The zero-order valence-electron chi connectivity index (χ0n) is 10.7. The Bertz CT molecular complexity index is 701. The number of fused-ring (bicyclic) bond motifs is 3. The molecule has 0 saturated heterocycles. The largest absolute Gasteiger partial charge is 0.444 e. The van der Waals surface area contributed by atoms with Crippen LogP contribution < -0.4 is 9.47 Å². The van der Waals surface area contributed by atoms with Crippen molar-refractivity contribution in [3.05, 3.63) is 57.0 Å². The Labute approximate surface area is 130 Å². The van der Waals surface area contributed by atoms with Crippen LogP contribution in [0.1, 0.15) is 24.0 Å². The molecule has 4 rings (SSSR count). The van der Waals surface area contributed by atoms with Gasteiger partial charge in [-0.15, -0.1) is 0 Å². The van der Waals surface area contributed by atoms with Crippen molar-refractivity contribution in [2.45, 2.75) is 25.0 Å². The fourth-order valence-electron chi connectivity index (χ4n) is 3.03. The highest BCUT2D eigenvalue weighted by molar-refractivity contribution is 9.10. The number of para-hydroxylation sites is 1. The third kappa shape index (κ3) is 1.76. The van der Waals surface area contributed by atoms with Crippen LogP contribution in [-0.4, -0.2) is 0 Å². The molecule has 0 fully saturated rings. The Hall–Kier alpha value is -1.19. The first-order valence-corrected chi connectivity index (χ1v) is 7.80. The van der Waals surface area contributed by atoms with Crippen molar-refractivity contribution in [2.75, 3.05) is 0 Å². The number of benzene rings is 2. The van der Waals surface area contributed by atoms with Crippen molar-refractivity contribution in [1.82, 2.24) is 0 Å². The van der Waals surface area contributed by atoms with E-state index in [1.165, 1.54) is 5.56 Å². The lowest BCUT2D eigenvalue weighted by Gasteiger charge is -2.33. The molecule has 102 valence electrons. The SMILES string of the molecule is Clc1ccc2c(c1)CCCC21Oc2cccc(Br)c2O1. The summed E-state index contributed by atoms with van der Waals surface area (Å²) in [6, 6.07) is 11.8. The fraction of sp³-hybridized carbons (Fsp3) is 0.250. The average Bonchev–Trinajstić information content (AvgIpc) is 2.79. The van der Waals surface area contributed by atoms with E-state index in [9.17, 15) is 0 Å². The van der Waals surface area contributed by atoms with Gasteiger partial charge in [-0.3, -0.25) is 0 Å². The molecule has 1 atom stereocenters. The van der Waals surface area contributed by atoms with Crippen LogP contribution in [0.3, 0.4) is 0 Å². The Morgan fingerprint density at radius 2 is 2.05 bits per heavy atom. The molecule has 2 aliphatic rings. The number of aryl methyl sites for hydroxylation is 1. The lowest BCUT2D eigenvalue weighted by molar-refractivity contribution is -0.0994. The van der Waals surface area contributed by atoms with Crippen molar-refractivity contribution in [1.29, 1.82) is 0 Å². The van der Waals surface area contributed by atoms with Crippen molar-refractivity contribution in [3.63, 3.8) is 0 Å². The van der Waals surface area contributed by atoms with E-state index in [1.807, 2.05) is 36.4 Å². The molecule has 0 saturated carbocycles. The van der Waals surface area contributed by atoms with Gasteiger partial charge in [0.2, 0.25) is 0 Å². The normalized spacial score (nSPS) is 22.9. The molecule has 4 heteroatoms. The van der Waals surface area contributed by atoms with Crippen molar-refractivity contribution in [3.8, 4) is 11.5 Å². The Balaban J connectivity index is 1.84. The maximum absolute atomic E-state index is 6.22. The van der Waals surface area contributed by atoms with E-state index in [0.717, 1.165) is 45.8 Å². The molecular formula is C16H12BrClO2. The number of hydrogen-bond donors (Lipinski definition) is 0. The van der Waals surface area contributed by atoms with Crippen molar-refractivity contribution < 1.29 is 9.47 Å². The number of hydrogen-bond acceptors (Lipinski definition) is 2. The summed E-state index contributed by atoms with van der Waals surface area (Å²) in [6.07, 6.45) is 2.89. The van der Waals surface area contributed by atoms with Gasteiger partial charge in [0.15, 0.2) is 11.5 Å². The first-order valence-electron chi connectivity index (χ1n) is 6.63. The van der Waals surface area contributed by atoms with E-state index in [4.69, 9.17) is 21.1 Å². The molecule has 0 radical (unpaired) electrons. The third-order valence-electron chi connectivity index (χ3n) is 3.90. The minimum absolute atomic E-state index is 0.690. The molecule has 0 bridgehead atoms. The minimum atomic E-state index is -0.690. The van der Waals surface area contributed by atoms with Crippen molar-refractivity contribution in [2.24, 2.45) is 0 Å². The third-order valence-corrected chi connectivity index (χ3v) is 4.76. The molecule has 0 aromatic heterocycles. The molecule has 1 heterocycles. The highest BCUT2D eigenvalue weighted by Gasteiger charge is 2.46. The van der Waals surface area contributed by atoms with Gasteiger partial charge in [0.25, 0.3) is 5.79 Å². The van der Waals surface area contributed by atoms with Gasteiger partial charge in [0.1, 0.15) is 0 Å². The maximum atomic E-state index is 6.22. The van der Waals surface area contributed by atoms with Crippen LogP contribution in [0.4, 0.5) is 0 Å². The standard InChI is InChI=1S/C16H12BrClO2/c17-13-4-1-5-14-15(13)20-16(19-14)8-2-3-10-9-11(18)6-7-12(10)16/h1,4-7,9H,2-3,8H2. The second-order valence-electron chi connectivity index (χ2n) is 5.18. The number of ether oxygens (including phenoxy) is 2. The van der Waals surface area contributed by atoms with Crippen LogP contribution in [0.15, 0.2) is 40.9 Å². The second-order valence-corrected chi connectivity index (χ2v) is 6.47. The smallest absolute Gasteiger partial charge is 0.278 e. The number of rotatable bonds is 0. The molecule has 0 amide bonds. The van der Waals surface area contributed by atoms with Gasteiger partial charge >= 0.3 is 0 Å². The zero-order valence-corrected chi connectivity index (χ0v) is 13.0. The fourth-order valence-corrected chi connectivity index (χ4v) is 3.65. The van der Waals surface area contributed by atoms with Gasteiger partial charge in [-0.2, -0.15) is 0 Å². The summed E-state index contributed by atoms with van der Waals surface area (Å²) in [5.41, 5.74) is 2.31. The molecule has 0 N–H and O–H groups in total. The summed E-state index contributed by atoms with van der Waals surface area (Å²) in [6.45, 7) is 0. The van der Waals surface area contributed by atoms with Crippen LogP contribution in [-0.2, 0) is 12.2 Å². The van der Waals surface area contributed by atoms with Crippen LogP contribution in [0.5, 0.6) is 11.5 Å². The maximum Gasteiger partial charge on any atom is 0.278 e. The summed E-state index contributed by atoms with van der Waals surface area (Å²) in [5.74, 6) is 0.891. The van der Waals surface area contributed by atoms with E-state index in [0.29, 0.717) is 0 Å². The Kier molecular flexibility index (Phi) is 2.76. The zero-order chi connectivity index (χ0) is 13.7. The minimum Gasteiger partial charge on any atom is -0.444 e. The lowest BCUT2D eigenvalue weighted by Crippen LogP contribution is -2.39. The van der Waals surface area contributed by atoms with E-state index in [1.54, 1.807) is 0 Å². The van der Waals surface area contributed by atoms with Gasteiger partial charge < -0.3 is 9.47 Å². The quantitative estimate of drug-likeness (QED) is 0.660. The van der Waals surface area contributed by atoms with Gasteiger partial charge in [0, 0.05) is 17.0 Å². The Morgan fingerprint density at radius 1 is 1.15 bits per heavy atom. The molecule has 2 aromatic rings. The summed E-state index contributed by atoms with van der Waals surface area (Å²) in [7, 11) is 0. The van der Waals surface area contributed by atoms with Crippen molar-refractivity contribution >= 4 is 27.5 Å². The Morgan fingerprint density at radius 3 is 2.90 bits per heavy atom. The molecule has 1 aliphatic carbocycles. The van der Waals surface area contributed by atoms with Gasteiger partial charge in [0.05, 0.1) is 4.47 Å². The summed E-state index contributed by atoms with van der Waals surface area (Å²) >= 11 is 9.62. The van der Waals surface area contributed by atoms with E-state index in [-0.39, 0.29) is 0 Å². The molecule has 1 spiro atoms. The van der Waals surface area contributed by atoms with E-state index >= 15 is 0 Å². The van der Waals surface area contributed by atoms with E-state index < -0.39 is 5.79 Å². The highest BCUT2D eigenvalue weighted by atomic mass is 79.9. The highest BCUT2D eigenvalue weighted by Crippen LogP contribution is 2.51. The molecular weight excluding hydrogens is 340 g/mol. The monoisotopic (exact) mass is 350 g/mol. The molecule has 2 nitrogen and oxygen atoms in total. The number of halogens is 2. The topological polar surface area (TPSA) is 18.5 Å². The summed E-state index contributed by atoms with van der Waals surface area (Å²) in [5, 5.41) is 0.762. The van der Waals surface area contributed by atoms with Crippen LogP contribution in [0, 0.1) is 0 Å².